The van der Waals surface area contributed by atoms with Crippen LogP contribution in [0.4, 0.5) is 4.79 Å². The van der Waals surface area contributed by atoms with Crippen molar-refractivity contribution in [2.75, 3.05) is 40.3 Å². The maximum Gasteiger partial charge on any atom is 0.412 e. The van der Waals surface area contributed by atoms with Gasteiger partial charge in [0.1, 0.15) is 5.84 Å². The summed E-state index contributed by atoms with van der Waals surface area (Å²) in [6.45, 7) is 2.10. The number of hydrogen-bond acceptors (Lipinski definition) is 12. The Morgan fingerprint density at radius 3 is 2.73 bits per heavy atom. The number of hydrogen-bond donors (Lipinski definition) is 3. The van der Waals surface area contributed by atoms with Gasteiger partial charge in [0.15, 0.2) is 10.8 Å². The molecule has 3 N–H and O–H groups in total. The number of aromatic nitrogens is 5. The fourth-order valence-electron chi connectivity index (χ4n) is 5.60. The number of aromatic amines is 1. The number of piperazine rings is 1. The first kappa shape index (κ1) is 30.7. The lowest BCUT2D eigenvalue weighted by molar-refractivity contribution is 0.0550. The van der Waals surface area contributed by atoms with Crippen LogP contribution in [0.3, 0.4) is 0 Å². The number of tetrazole rings is 1. The van der Waals surface area contributed by atoms with Crippen molar-refractivity contribution in [3.63, 3.8) is 0 Å². The molecule has 2 aliphatic heterocycles. The molecule has 2 aromatic carbocycles. The lowest BCUT2D eigenvalue weighted by Crippen LogP contribution is -2.56. The van der Waals surface area contributed by atoms with Crippen LogP contribution in [-0.4, -0.2) is 112 Å². The van der Waals surface area contributed by atoms with E-state index in [2.05, 4.69) is 40.6 Å². The zero-order valence-corrected chi connectivity index (χ0v) is 26.3. The number of rotatable bonds is 7. The smallest absolute Gasteiger partial charge is 0.412 e. The molecule has 4 aromatic rings. The number of methoxy groups -OCH3 is 1. The highest BCUT2D eigenvalue weighted by molar-refractivity contribution is 7.89. The summed E-state index contributed by atoms with van der Waals surface area (Å²) in [6.07, 6.45) is 0.897. The summed E-state index contributed by atoms with van der Waals surface area (Å²) in [5.74, 6) is 0.157. The fraction of sp³-hybridized carbons (Fsp3) is 0.393. The Hall–Kier alpha value is -4.32. The molecule has 1 unspecified atom stereocenters. The number of carbonyl (C=O) groups is 2. The molecule has 6 rings (SSSR count). The van der Waals surface area contributed by atoms with E-state index in [1.165, 1.54) is 28.8 Å². The third-order valence-corrected chi connectivity index (χ3v) is 11.0. The molecule has 17 heteroatoms. The highest BCUT2D eigenvalue weighted by Crippen LogP contribution is 2.29. The van der Waals surface area contributed by atoms with E-state index < -0.39 is 22.2 Å². The molecular weight excluding hydrogens is 621 g/mol. The van der Waals surface area contributed by atoms with Gasteiger partial charge < -0.3 is 14.5 Å². The average Bonchev–Trinajstić information content (AvgIpc) is 3.72. The second kappa shape index (κ2) is 12.6. The molecule has 2 amide bonds. The van der Waals surface area contributed by atoms with Crippen LogP contribution in [0.2, 0.25) is 0 Å². The number of nitrogens with zero attached hydrogens (tertiary/aromatic N) is 7. The number of carbonyl (C=O) groups excluding carboxylic acids is 2. The molecule has 1 fully saturated rings. The molecular formula is C28H32N10O5S2. The third kappa shape index (κ3) is 6.42. The number of nitrogens with one attached hydrogen (secondary N) is 3. The van der Waals surface area contributed by atoms with Crippen LogP contribution in [0.15, 0.2) is 41.3 Å². The fourth-order valence-corrected chi connectivity index (χ4v) is 8.24. The van der Waals surface area contributed by atoms with Crippen molar-refractivity contribution in [2.45, 2.75) is 36.7 Å². The Morgan fingerprint density at radius 1 is 1.16 bits per heavy atom. The predicted octanol–water partition coefficient (Wildman–Crippen LogP) is 1.63. The lowest BCUT2D eigenvalue weighted by atomic mass is 10.1. The minimum atomic E-state index is -3.92. The van der Waals surface area contributed by atoms with Gasteiger partial charge in [-0.15, -0.1) is 21.5 Å². The van der Waals surface area contributed by atoms with Crippen LogP contribution in [0.1, 0.15) is 38.2 Å². The molecule has 0 aliphatic carbocycles. The molecule has 2 aromatic heterocycles. The minimum Gasteiger partial charge on any atom is -0.453 e. The van der Waals surface area contributed by atoms with Crippen LogP contribution in [-0.2, 0) is 34.1 Å². The zero-order chi connectivity index (χ0) is 31.7. The number of H-pyrrole nitrogens is 1. The molecule has 0 radical (unpaired) electrons. The quantitative estimate of drug-likeness (QED) is 0.195. The number of sulfonamides is 1. The largest absolute Gasteiger partial charge is 0.453 e. The summed E-state index contributed by atoms with van der Waals surface area (Å²) in [5, 5.41) is 26.3. The van der Waals surface area contributed by atoms with E-state index in [0.717, 1.165) is 30.1 Å². The maximum atomic E-state index is 13.9. The molecule has 1 saturated heterocycles. The zero-order valence-electron chi connectivity index (χ0n) is 24.7. The first-order valence-corrected chi connectivity index (χ1v) is 16.6. The van der Waals surface area contributed by atoms with Crippen molar-refractivity contribution >= 4 is 50.0 Å². The van der Waals surface area contributed by atoms with Crippen molar-refractivity contribution in [2.24, 2.45) is 0 Å². The lowest BCUT2D eigenvalue weighted by Gasteiger charge is -2.40. The molecule has 15 nitrogen and oxygen atoms in total. The highest BCUT2D eigenvalue weighted by atomic mass is 32.2. The van der Waals surface area contributed by atoms with Crippen LogP contribution in [0, 0.1) is 5.41 Å². The topological polar surface area (TPSA) is 190 Å². The van der Waals surface area contributed by atoms with E-state index in [4.69, 9.17) is 5.41 Å². The van der Waals surface area contributed by atoms with Crippen LogP contribution < -0.4 is 5.32 Å². The van der Waals surface area contributed by atoms with Crippen molar-refractivity contribution in [3.05, 3.63) is 63.4 Å². The van der Waals surface area contributed by atoms with Gasteiger partial charge in [-0.1, -0.05) is 23.4 Å². The monoisotopic (exact) mass is 652 g/mol. The van der Waals surface area contributed by atoms with Gasteiger partial charge in [0.25, 0.3) is 5.91 Å². The highest BCUT2D eigenvalue weighted by Gasteiger charge is 2.38. The van der Waals surface area contributed by atoms with Crippen molar-refractivity contribution in [1.29, 1.82) is 5.41 Å². The molecule has 45 heavy (non-hydrogen) atoms. The predicted molar refractivity (Wildman–Crippen MR) is 165 cm³/mol. The Balaban J connectivity index is 1.22. The third-order valence-electron chi connectivity index (χ3n) is 8.05. The number of benzene rings is 2. The summed E-state index contributed by atoms with van der Waals surface area (Å²) < 4.78 is 33.8. The van der Waals surface area contributed by atoms with E-state index in [1.54, 1.807) is 35.2 Å². The van der Waals surface area contributed by atoms with E-state index in [0.29, 0.717) is 40.0 Å². The number of amides is 2. The van der Waals surface area contributed by atoms with E-state index >= 15 is 0 Å². The van der Waals surface area contributed by atoms with Crippen molar-refractivity contribution < 1.29 is 22.7 Å². The number of ether oxygens (including phenoxy) is 1. The summed E-state index contributed by atoms with van der Waals surface area (Å²) in [7, 11) is -0.659. The Morgan fingerprint density at radius 2 is 1.96 bits per heavy atom. The number of fused-ring (bicyclic) bond motifs is 2. The second-order valence-corrected chi connectivity index (χ2v) is 14.0. The molecule has 0 bridgehead atoms. The molecule has 2 aliphatic rings. The number of aryl methyl sites for hydroxylation is 1. The summed E-state index contributed by atoms with van der Waals surface area (Å²) >= 11 is 1.41. The standard InChI is InChI=1S/C28H32N10O5S2/c1-36-10-9-22-23(16-36)44-26(30-22)27(39)38-12-11-37(15-20(38)6-8-24-32-34-35-33-24)45(41,42)21-7-5-17-13-19(4-3-18(17)14-21)25(29)31-28(40)43-2/h3-5,7,13-14,20H,6,8-12,15-16H2,1-2H3,(H2,29,31,40)(H,32,33,34,35). The first-order chi connectivity index (χ1) is 21.6. The van der Waals surface area contributed by atoms with Gasteiger partial charge in [-0.05, 0) is 42.4 Å². The van der Waals surface area contributed by atoms with Crippen molar-refractivity contribution in [1.82, 2.24) is 45.0 Å². The Kier molecular flexibility index (Phi) is 8.59. The van der Waals surface area contributed by atoms with Crippen LogP contribution >= 0.6 is 11.3 Å². The average molecular weight is 653 g/mol. The molecule has 0 spiro atoms. The van der Waals surface area contributed by atoms with Crippen LogP contribution in [0.5, 0.6) is 0 Å². The second-order valence-electron chi connectivity index (χ2n) is 11.0. The summed E-state index contributed by atoms with van der Waals surface area (Å²) in [4.78, 5) is 35.1. The van der Waals surface area contributed by atoms with Gasteiger partial charge in [-0.25, -0.2) is 18.2 Å². The molecule has 1 atom stereocenters. The normalized spacial score (nSPS) is 17.6. The Labute approximate surface area is 263 Å². The van der Waals surface area contributed by atoms with Gasteiger partial charge in [-0.2, -0.15) is 9.52 Å². The number of likely N-dealkylation sites (N-methyl/N-ethyl adjacent to an activating group) is 1. The maximum absolute atomic E-state index is 13.9. The van der Waals surface area contributed by atoms with E-state index in [1.807, 2.05) is 7.05 Å². The first-order valence-electron chi connectivity index (χ1n) is 14.3. The number of thiazole rings is 1. The van der Waals surface area contributed by atoms with Gasteiger partial charge >= 0.3 is 6.09 Å². The Bertz CT molecular complexity index is 1860. The van der Waals surface area contributed by atoms with Crippen LogP contribution in [0.25, 0.3) is 10.8 Å². The molecule has 0 saturated carbocycles. The van der Waals surface area contributed by atoms with E-state index in [-0.39, 0.29) is 36.3 Å². The van der Waals surface area contributed by atoms with Crippen molar-refractivity contribution in [3.8, 4) is 0 Å². The number of amidine groups is 1. The molecule has 236 valence electrons. The van der Waals surface area contributed by atoms with Gasteiger partial charge in [-0.3, -0.25) is 15.5 Å². The van der Waals surface area contributed by atoms with Gasteiger partial charge in [0, 0.05) is 62.0 Å². The SMILES string of the molecule is COC(=O)NC(=N)c1ccc2cc(S(=O)(=O)N3CCN(C(=O)c4nc5c(s4)CN(C)CC5)C(CCc4nn[nH]n4)C3)ccc2c1. The summed E-state index contributed by atoms with van der Waals surface area (Å²) in [5.41, 5.74) is 1.41. The van der Waals surface area contributed by atoms with Gasteiger partial charge in [0.2, 0.25) is 10.0 Å². The van der Waals surface area contributed by atoms with Gasteiger partial charge in [0.05, 0.1) is 17.7 Å². The minimum absolute atomic E-state index is 0.104. The number of alkyl carbamates (subject to hydrolysis) is 1. The molecule has 4 heterocycles. The summed E-state index contributed by atoms with van der Waals surface area (Å²) in [6, 6.07) is 9.38. The van der Waals surface area contributed by atoms with E-state index in [9.17, 15) is 18.0 Å².